The van der Waals surface area contributed by atoms with Gasteiger partial charge in [0.15, 0.2) is 11.2 Å². The van der Waals surface area contributed by atoms with E-state index < -0.39 is 29.8 Å². The van der Waals surface area contributed by atoms with Crippen molar-refractivity contribution < 1.29 is 23.1 Å². The number of carbonyl (C=O) groups is 2. The third-order valence-corrected chi connectivity index (χ3v) is 8.91. The lowest BCUT2D eigenvalue weighted by molar-refractivity contribution is -0.121. The van der Waals surface area contributed by atoms with Gasteiger partial charge in [-0.05, 0) is 35.4 Å². The maximum Gasteiger partial charge on any atom is 0.255 e. The first-order valence-corrected chi connectivity index (χ1v) is 14.8. The summed E-state index contributed by atoms with van der Waals surface area (Å²) >= 11 is 7.86. The number of nitrogens with one attached hydrogen (secondary N) is 1. The van der Waals surface area contributed by atoms with Crippen molar-refractivity contribution in [2.75, 3.05) is 36.5 Å². The summed E-state index contributed by atoms with van der Waals surface area (Å²) in [4.78, 5) is 39.5. The van der Waals surface area contributed by atoms with Gasteiger partial charge in [0.1, 0.15) is 12.0 Å². The highest BCUT2D eigenvalue weighted by atomic mass is 35.5. The van der Waals surface area contributed by atoms with Crippen LogP contribution in [0.25, 0.3) is 11.1 Å². The Morgan fingerprint density at radius 2 is 2.00 bits per heavy atom. The number of hydrogen-bond donors (Lipinski definition) is 1. The number of amides is 2. The van der Waals surface area contributed by atoms with Crippen molar-refractivity contribution in [2.45, 2.75) is 31.7 Å². The summed E-state index contributed by atoms with van der Waals surface area (Å²) in [6.45, 7) is 2.66. The molecule has 0 radical (unpaired) electrons. The number of halogens is 3. The number of ether oxygens (including phenoxy) is 1. The number of rotatable bonds is 6. The number of nitrogens with zero attached hydrogens (tertiary/aromatic N) is 5. The average molecular weight is 611 g/mol. The van der Waals surface area contributed by atoms with Crippen LogP contribution in [0.1, 0.15) is 33.4 Å². The van der Waals surface area contributed by atoms with Crippen LogP contribution in [0.4, 0.5) is 19.6 Å². The van der Waals surface area contributed by atoms with Gasteiger partial charge < -0.3 is 19.1 Å². The number of alkyl halides is 1. The van der Waals surface area contributed by atoms with Gasteiger partial charge in [0.05, 0.1) is 49.0 Å². The van der Waals surface area contributed by atoms with Crippen molar-refractivity contribution in [3.8, 4) is 11.1 Å². The molecule has 216 valence electrons. The van der Waals surface area contributed by atoms with E-state index in [4.69, 9.17) is 16.3 Å². The molecule has 9 nitrogen and oxygen atoms in total. The molecule has 2 amide bonds. The molecule has 42 heavy (non-hydrogen) atoms. The molecule has 3 aliphatic rings. The van der Waals surface area contributed by atoms with E-state index in [2.05, 4.69) is 20.2 Å². The summed E-state index contributed by atoms with van der Waals surface area (Å²) < 4.78 is 37.0. The summed E-state index contributed by atoms with van der Waals surface area (Å²) in [5, 5.41) is 5.31. The maximum absolute atomic E-state index is 15.6. The molecule has 2 unspecified atom stereocenters. The second-order valence-corrected chi connectivity index (χ2v) is 11.7. The van der Waals surface area contributed by atoms with Crippen LogP contribution in [0.3, 0.4) is 0 Å². The van der Waals surface area contributed by atoms with Gasteiger partial charge in [-0.25, -0.2) is 18.7 Å². The van der Waals surface area contributed by atoms with Crippen molar-refractivity contribution in [1.82, 2.24) is 19.4 Å². The molecule has 2 aromatic heterocycles. The van der Waals surface area contributed by atoms with Crippen molar-refractivity contribution in [1.29, 1.82) is 0 Å². The normalized spacial score (nSPS) is 18.7. The molecular weight excluding hydrogens is 586 g/mol. The van der Waals surface area contributed by atoms with Crippen molar-refractivity contribution >= 4 is 45.6 Å². The molecule has 4 aromatic rings. The minimum atomic E-state index is -1.21. The molecule has 0 spiro atoms. The molecule has 5 heterocycles. The third kappa shape index (κ3) is 4.73. The number of thiazole rings is 1. The van der Waals surface area contributed by atoms with E-state index in [-0.39, 0.29) is 36.3 Å². The molecule has 13 heteroatoms. The number of carbonyl (C=O) groups excluding carboxylic acids is 2. The number of fused-ring (bicyclic) bond motifs is 2. The second-order valence-electron chi connectivity index (χ2n) is 10.4. The summed E-state index contributed by atoms with van der Waals surface area (Å²) in [6.07, 6.45) is 1.98. The topological polar surface area (TPSA) is 92.6 Å². The van der Waals surface area contributed by atoms with Crippen molar-refractivity contribution in [2.24, 2.45) is 0 Å². The van der Waals surface area contributed by atoms with E-state index in [0.29, 0.717) is 40.2 Å². The highest BCUT2D eigenvalue weighted by Crippen LogP contribution is 2.39. The standard InChI is InChI=1S/C29H25ClF2N6O3S/c30-21-10-16(1-2-23(21)36-4-6-41-7-5-36)17-9-19-20(22(32)11-17)14-38(28(19)40)26(27(39)35-29-33-3-8-42-29)25-24-12-18(31)13-37(24)15-34-25/h1-3,8-11,15,18,26H,4-7,12-14H2,(H,33,35,39). The lowest BCUT2D eigenvalue weighted by Gasteiger charge is -2.29. The van der Waals surface area contributed by atoms with E-state index in [1.54, 1.807) is 28.3 Å². The number of imidazole rings is 1. The van der Waals surface area contributed by atoms with E-state index in [9.17, 15) is 14.0 Å². The number of anilines is 2. The minimum absolute atomic E-state index is 0.0745. The number of benzene rings is 2. The van der Waals surface area contributed by atoms with Crippen LogP contribution < -0.4 is 10.2 Å². The highest BCUT2D eigenvalue weighted by Gasteiger charge is 2.42. The summed E-state index contributed by atoms with van der Waals surface area (Å²) in [5.74, 6) is -1.64. The third-order valence-electron chi connectivity index (χ3n) is 7.92. The van der Waals surface area contributed by atoms with Crippen LogP contribution in [-0.2, 0) is 29.0 Å². The Morgan fingerprint density at radius 3 is 2.76 bits per heavy atom. The van der Waals surface area contributed by atoms with Crippen LogP contribution in [0.2, 0.25) is 5.02 Å². The fourth-order valence-corrected chi connectivity index (χ4v) is 6.73. The molecule has 1 fully saturated rings. The fraction of sp³-hybridized carbons (Fsp3) is 0.310. The van der Waals surface area contributed by atoms with E-state index in [0.717, 1.165) is 18.8 Å². The van der Waals surface area contributed by atoms with Gasteiger partial charge in [-0.15, -0.1) is 11.3 Å². The molecule has 1 saturated heterocycles. The Balaban J connectivity index is 1.22. The number of morpholine rings is 1. The highest BCUT2D eigenvalue weighted by molar-refractivity contribution is 7.13. The minimum Gasteiger partial charge on any atom is -0.378 e. The van der Waals surface area contributed by atoms with Gasteiger partial charge in [0, 0.05) is 47.9 Å². The molecule has 0 aliphatic carbocycles. The summed E-state index contributed by atoms with van der Waals surface area (Å²) in [6, 6.07) is 7.30. The molecule has 7 rings (SSSR count). The predicted molar refractivity (Wildman–Crippen MR) is 154 cm³/mol. The van der Waals surface area contributed by atoms with Crippen LogP contribution in [0, 0.1) is 5.82 Å². The predicted octanol–water partition coefficient (Wildman–Crippen LogP) is 4.87. The zero-order valence-corrected chi connectivity index (χ0v) is 23.8. The zero-order valence-electron chi connectivity index (χ0n) is 22.2. The zero-order chi connectivity index (χ0) is 29.0. The quantitative estimate of drug-likeness (QED) is 0.335. The molecule has 2 aromatic carbocycles. The van der Waals surface area contributed by atoms with Crippen LogP contribution in [0.5, 0.6) is 0 Å². The SMILES string of the molecule is O=C(Nc1nccs1)C(c1ncn2c1CC(F)C2)N1Cc2c(F)cc(-c3ccc(N4CCOCC4)c(Cl)c3)cc2C1=O. The first-order valence-electron chi connectivity index (χ1n) is 13.5. The van der Waals surface area contributed by atoms with Gasteiger partial charge >= 0.3 is 0 Å². The number of aromatic nitrogens is 3. The Morgan fingerprint density at radius 1 is 1.17 bits per heavy atom. The molecule has 2 atom stereocenters. The smallest absolute Gasteiger partial charge is 0.255 e. The lowest BCUT2D eigenvalue weighted by Crippen LogP contribution is -2.38. The summed E-state index contributed by atoms with van der Waals surface area (Å²) in [7, 11) is 0. The fourth-order valence-electron chi connectivity index (χ4n) is 5.90. The van der Waals surface area contributed by atoms with Crippen LogP contribution in [-0.4, -0.2) is 63.7 Å². The Hall–Kier alpha value is -3.87. The maximum atomic E-state index is 15.6. The van der Waals surface area contributed by atoms with Crippen molar-refractivity contribution in [3.05, 3.63) is 81.6 Å². The van der Waals surface area contributed by atoms with Gasteiger partial charge in [-0.3, -0.25) is 14.9 Å². The van der Waals surface area contributed by atoms with Crippen LogP contribution >= 0.6 is 22.9 Å². The number of hydrogen-bond acceptors (Lipinski definition) is 7. The van der Waals surface area contributed by atoms with Gasteiger partial charge in [0.2, 0.25) is 0 Å². The van der Waals surface area contributed by atoms with E-state index in [1.165, 1.54) is 28.6 Å². The Bertz CT molecular complexity index is 1690. The van der Waals surface area contributed by atoms with Crippen molar-refractivity contribution in [3.63, 3.8) is 0 Å². The average Bonchev–Trinajstić information content (AvgIpc) is 3.77. The molecule has 1 N–H and O–H groups in total. The molecule has 0 bridgehead atoms. The van der Waals surface area contributed by atoms with Gasteiger partial charge in [-0.2, -0.15) is 0 Å². The second kappa shape index (κ2) is 10.8. The van der Waals surface area contributed by atoms with E-state index in [1.807, 2.05) is 12.1 Å². The largest absolute Gasteiger partial charge is 0.378 e. The first-order chi connectivity index (χ1) is 20.4. The monoisotopic (exact) mass is 610 g/mol. The van der Waals surface area contributed by atoms with Crippen LogP contribution in [0.15, 0.2) is 48.2 Å². The molecule has 3 aliphatic heterocycles. The lowest BCUT2D eigenvalue weighted by atomic mass is 9.99. The van der Waals surface area contributed by atoms with Gasteiger partial charge in [0.25, 0.3) is 11.8 Å². The van der Waals surface area contributed by atoms with E-state index >= 15 is 4.39 Å². The Kier molecular flexibility index (Phi) is 6.91. The van der Waals surface area contributed by atoms with Gasteiger partial charge in [-0.1, -0.05) is 17.7 Å². The Labute approximate surface area is 248 Å². The molecular formula is C29H25ClF2N6O3S. The molecule has 0 saturated carbocycles. The first kappa shape index (κ1) is 27.0. The summed E-state index contributed by atoms with van der Waals surface area (Å²) in [5.41, 5.74) is 3.17.